The zero-order valence-electron chi connectivity index (χ0n) is 22.9. The van der Waals surface area contributed by atoms with Crippen molar-refractivity contribution in [2.75, 3.05) is 4.90 Å². The average Bonchev–Trinajstić information content (AvgIpc) is 3.41. The summed E-state index contributed by atoms with van der Waals surface area (Å²) >= 11 is 0. The number of nitrogens with zero attached hydrogens (tertiary/aromatic N) is 1. The van der Waals surface area contributed by atoms with Gasteiger partial charge < -0.3 is 9.32 Å². The van der Waals surface area contributed by atoms with Gasteiger partial charge in [0.2, 0.25) is 0 Å². The van der Waals surface area contributed by atoms with Crippen LogP contribution in [0.1, 0.15) is 0 Å². The number of rotatable bonds is 5. The van der Waals surface area contributed by atoms with Crippen LogP contribution in [0.2, 0.25) is 0 Å². The molecule has 1 aromatic heterocycles. The summed E-state index contributed by atoms with van der Waals surface area (Å²) in [7, 11) is 0. The van der Waals surface area contributed by atoms with Crippen LogP contribution in [0.4, 0.5) is 17.1 Å². The zero-order chi connectivity index (χ0) is 27.9. The predicted octanol–water partition coefficient (Wildman–Crippen LogP) is 11.5. The Morgan fingerprint density at radius 2 is 0.881 bits per heavy atom. The first-order valence-corrected chi connectivity index (χ1v) is 14.3. The van der Waals surface area contributed by atoms with Crippen LogP contribution in [0.3, 0.4) is 0 Å². The van der Waals surface area contributed by atoms with Gasteiger partial charge in [0.25, 0.3) is 0 Å². The molecule has 8 aromatic rings. The van der Waals surface area contributed by atoms with E-state index in [0.717, 1.165) is 50.1 Å². The molecule has 0 atom stereocenters. The average molecular weight is 538 g/mol. The lowest BCUT2D eigenvalue weighted by Gasteiger charge is -2.28. The van der Waals surface area contributed by atoms with E-state index in [2.05, 4.69) is 169 Å². The van der Waals surface area contributed by atoms with E-state index in [1.165, 1.54) is 21.9 Å². The first kappa shape index (κ1) is 24.2. The standard InChI is InChI=1S/C40H27NO/c1-4-12-28(13-5-1)29-20-22-34(23-21-29)41(33-18-8-3-9-19-33)38-26-37-36-24-31-16-10-11-17-32(31)25-39(36)42-40(37)27-35(38)30-14-6-2-7-15-30/h1-27H. The third-order valence-electron chi connectivity index (χ3n) is 8.03. The van der Waals surface area contributed by atoms with Crippen molar-refractivity contribution in [2.45, 2.75) is 0 Å². The molecule has 0 aliphatic carbocycles. The second-order valence-corrected chi connectivity index (χ2v) is 10.6. The van der Waals surface area contributed by atoms with Gasteiger partial charge >= 0.3 is 0 Å². The van der Waals surface area contributed by atoms with Gasteiger partial charge in [-0.05, 0) is 76.0 Å². The van der Waals surface area contributed by atoms with Crippen LogP contribution >= 0.6 is 0 Å². The molecule has 42 heavy (non-hydrogen) atoms. The topological polar surface area (TPSA) is 16.4 Å². The first-order valence-electron chi connectivity index (χ1n) is 14.3. The van der Waals surface area contributed by atoms with E-state index < -0.39 is 0 Å². The number of hydrogen-bond donors (Lipinski definition) is 0. The monoisotopic (exact) mass is 537 g/mol. The molecule has 0 fully saturated rings. The van der Waals surface area contributed by atoms with E-state index in [9.17, 15) is 0 Å². The lowest BCUT2D eigenvalue weighted by atomic mass is 9.98. The van der Waals surface area contributed by atoms with Crippen molar-refractivity contribution in [3.8, 4) is 22.3 Å². The minimum Gasteiger partial charge on any atom is -0.456 e. The van der Waals surface area contributed by atoms with Crippen LogP contribution in [0.15, 0.2) is 168 Å². The molecule has 8 rings (SSSR count). The number of hydrogen-bond acceptors (Lipinski definition) is 2. The van der Waals surface area contributed by atoms with Crippen molar-refractivity contribution in [2.24, 2.45) is 0 Å². The highest BCUT2D eigenvalue weighted by atomic mass is 16.3. The Hall–Kier alpha value is -5.60. The number of furan rings is 1. The Balaban J connectivity index is 1.39. The van der Waals surface area contributed by atoms with Crippen molar-refractivity contribution in [3.05, 3.63) is 164 Å². The minimum atomic E-state index is 0.885. The van der Waals surface area contributed by atoms with Gasteiger partial charge in [-0.25, -0.2) is 0 Å². The van der Waals surface area contributed by atoms with Gasteiger partial charge in [0.15, 0.2) is 0 Å². The SMILES string of the molecule is c1ccc(-c2ccc(N(c3ccccc3)c3cc4c(cc3-c3ccccc3)oc3cc5ccccc5cc34)cc2)cc1. The normalized spacial score (nSPS) is 11.3. The summed E-state index contributed by atoms with van der Waals surface area (Å²) in [4.78, 5) is 2.36. The van der Waals surface area contributed by atoms with Crippen LogP contribution in [0.25, 0.3) is 55.0 Å². The Labute approximate surface area is 244 Å². The summed E-state index contributed by atoms with van der Waals surface area (Å²) < 4.78 is 6.52. The van der Waals surface area contributed by atoms with Crippen molar-refractivity contribution < 1.29 is 4.42 Å². The van der Waals surface area contributed by atoms with E-state index in [0.29, 0.717) is 0 Å². The summed E-state index contributed by atoms with van der Waals surface area (Å²) in [6.45, 7) is 0. The smallest absolute Gasteiger partial charge is 0.136 e. The molecule has 0 saturated heterocycles. The fraction of sp³-hybridized carbons (Fsp3) is 0. The number of anilines is 3. The molecule has 0 aliphatic heterocycles. The maximum Gasteiger partial charge on any atom is 0.136 e. The molecule has 0 amide bonds. The van der Waals surface area contributed by atoms with Crippen LogP contribution < -0.4 is 4.90 Å². The summed E-state index contributed by atoms with van der Waals surface area (Å²) in [5.74, 6) is 0. The molecule has 0 N–H and O–H groups in total. The quantitative estimate of drug-likeness (QED) is 0.217. The Morgan fingerprint density at radius 3 is 1.57 bits per heavy atom. The van der Waals surface area contributed by atoms with Crippen molar-refractivity contribution >= 4 is 49.8 Å². The maximum absolute atomic E-state index is 6.52. The molecule has 198 valence electrons. The van der Waals surface area contributed by atoms with Gasteiger partial charge in [0.1, 0.15) is 11.2 Å². The number of para-hydroxylation sites is 1. The Kier molecular flexibility index (Phi) is 5.82. The molecule has 0 unspecified atom stereocenters. The number of benzene rings is 7. The Bertz CT molecular complexity index is 2160. The zero-order valence-corrected chi connectivity index (χ0v) is 22.9. The molecule has 0 radical (unpaired) electrons. The third-order valence-corrected chi connectivity index (χ3v) is 8.03. The lowest BCUT2D eigenvalue weighted by Crippen LogP contribution is -2.11. The summed E-state index contributed by atoms with van der Waals surface area (Å²) in [6.07, 6.45) is 0. The molecular weight excluding hydrogens is 510 g/mol. The lowest BCUT2D eigenvalue weighted by molar-refractivity contribution is 0.669. The summed E-state index contributed by atoms with van der Waals surface area (Å²) in [5.41, 5.74) is 9.73. The predicted molar refractivity (Wildman–Crippen MR) is 177 cm³/mol. The van der Waals surface area contributed by atoms with Gasteiger partial charge in [0, 0.05) is 27.7 Å². The van der Waals surface area contributed by atoms with Crippen LogP contribution in [0, 0.1) is 0 Å². The molecule has 0 bridgehead atoms. The van der Waals surface area contributed by atoms with Crippen molar-refractivity contribution in [1.82, 2.24) is 0 Å². The largest absolute Gasteiger partial charge is 0.456 e. The molecule has 1 heterocycles. The highest BCUT2D eigenvalue weighted by Gasteiger charge is 2.21. The fourth-order valence-electron chi connectivity index (χ4n) is 5.97. The summed E-state index contributed by atoms with van der Waals surface area (Å²) in [5, 5.41) is 4.61. The van der Waals surface area contributed by atoms with Crippen LogP contribution in [0.5, 0.6) is 0 Å². The maximum atomic E-state index is 6.52. The van der Waals surface area contributed by atoms with E-state index >= 15 is 0 Å². The molecular formula is C40H27NO. The Morgan fingerprint density at radius 1 is 0.381 bits per heavy atom. The molecule has 2 nitrogen and oxygen atoms in total. The molecule has 7 aromatic carbocycles. The van der Waals surface area contributed by atoms with E-state index in [4.69, 9.17) is 4.42 Å². The highest BCUT2D eigenvalue weighted by molar-refractivity contribution is 6.13. The summed E-state index contributed by atoms with van der Waals surface area (Å²) in [6, 6.07) is 58.0. The van der Waals surface area contributed by atoms with Gasteiger partial charge in [-0.15, -0.1) is 0 Å². The molecule has 2 heteroatoms. The van der Waals surface area contributed by atoms with E-state index in [1.807, 2.05) is 0 Å². The fourth-order valence-corrected chi connectivity index (χ4v) is 5.97. The van der Waals surface area contributed by atoms with E-state index in [-0.39, 0.29) is 0 Å². The molecule has 0 saturated carbocycles. The minimum absolute atomic E-state index is 0.885. The highest BCUT2D eigenvalue weighted by Crippen LogP contribution is 2.45. The van der Waals surface area contributed by atoms with Crippen molar-refractivity contribution in [3.63, 3.8) is 0 Å². The van der Waals surface area contributed by atoms with Gasteiger partial charge in [0.05, 0.1) is 5.69 Å². The van der Waals surface area contributed by atoms with Gasteiger partial charge in [-0.2, -0.15) is 0 Å². The second-order valence-electron chi connectivity index (χ2n) is 10.6. The molecule has 0 aliphatic rings. The van der Waals surface area contributed by atoms with Crippen molar-refractivity contribution in [1.29, 1.82) is 0 Å². The first-order chi connectivity index (χ1) is 20.8. The van der Waals surface area contributed by atoms with Crippen LogP contribution in [-0.4, -0.2) is 0 Å². The second kappa shape index (κ2) is 10.1. The van der Waals surface area contributed by atoms with Crippen LogP contribution in [-0.2, 0) is 0 Å². The number of fused-ring (bicyclic) bond motifs is 4. The molecule has 0 spiro atoms. The van der Waals surface area contributed by atoms with Gasteiger partial charge in [-0.3, -0.25) is 0 Å². The van der Waals surface area contributed by atoms with Gasteiger partial charge in [-0.1, -0.05) is 115 Å². The third kappa shape index (κ3) is 4.22. The van der Waals surface area contributed by atoms with E-state index in [1.54, 1.807) is 0 Å².